The van der Waals surface area contributed by atoms with E-state index in [-0.39, 0.29) is 5.54 Å². The maximum atomic E-state index is 11.3. The number of thioether (sulfide) groups is 1. The zero-order valence-electron chi connectivity index (χ0n) is 8.81. The third-order valence-corrected chi connectivity index (χ3v) is 6.32. The molecule has 2 N–H and O–H groups in total. The maximum absolute atomic E-state index is 11.3. The van der Waals surface area contributed by atoms with Crippen LogP contribution in [0.3, 0.4) is 0 Å². The Morgan fingerprint density at radius 3 is 2.47 bits per heavy atom. The highest BCUT2D eigenvalue weighted by molar-refractivity contribution is 7.99. The van der Waals surface area contributed by atoms with Crippen molar-refractivity contribution in [3.8, 4) is 0 Å². The van der Waals surface area contributed by atoms with Crippen LogP contribution >= 0.6 is 11.8 Å². The fraction of sp³-hybridized carbons (Fsp3) is 1.00. The predicted octanol–water partition coefficient (Wildman–Crippen LogP) is -0.449. The highest BCUT2D eigenvalue weighted by atomic mass is 32.2. The Morgan fingerprint density at radius 1 is 1.33 bits per heavy atom. The van der Waals surface area contributed by atoms with Crippen LogP contribution in [0, 0.1) is 0 Å². The van der Waals surface area contributed by atoms with Gasteiger partial charge >= 0.3 is 0 Å². The number of nitrogens with two attached hydrogens (primary N) is 1. The van der Waals surface area contributed by atoms with Crippen LogP contribution in [0.5, 0.6) is 0 Å². The van der Waals surface area contributed by atoms with Crippen LogP contribution in [-0.2, 0) is 9.84 Å². The molecule has 4 nitrogen and oxygen atoms in total. The van der Waals surface area contributed by atoms with E-state index in [4.69, 9.17) is 5.73 Å². The molecule has 0 saturated carbocycles. The summed E-state index contributed by atoms with van der Waals surface area (Å²) < 4.78 is 22.7. The van der Waals surface area contributed by atoms with Gasteiger partial charge in [-0.3, -0.25) is 4.90 Å². The van der Waals surface area contributed by atoms with Crippen molar-refractivity contribution < 1.29 is 8.42 Å². The summed E-state index contributed by atoms with van der Waals surface area (Å²) in [5.41, 5.74) is 5.95. The summed E-state index contributed by atoms with van der Waals surface area (Å²) in [6.45, 7) is 1.99. The monoisotopic (exact) mass is 250 g/mol. The number of hydrogen-bond donors (Lipinski definition) is 1. The van der Waals surface area contributed by atoms with Crippen LogP contribution in [0.2, 0.25) is 0 Å². The van der Waals surface area contributed by atoms with Gasteiger partial charge in [0.25, 0.3) is 0 Å². The highest BCUT2D eigenvalue weighted by Crippen LogP contribution is 2.33. The first kappa shape index (κ1) is 11.7. The maximum Gasteiger partial charge on any atom is 0.152 e. The largest absolute Gasteiger partial charge is 0.329 e. The second-order valence-corrected chi connectivity index (χ2v) is 7.78. The molecule has 6 heteroatoms. The first-order valence-corrected chi connectivity index (χ1v) is 8.29. The molecule has 0 aromatic heterocycles. The Balaban J connectivity index is 2.05. The molecule has 0 radical (unpaired) electrons. The van der Waals surface area contributed by atoms with E-state index in [0.29, 0.717) is 31.1 Å². The standard InChI is InChI=1S/C9H18N2O2S2/c10-7-9(1-4-14-8-9)11-2-5-15(12,13)6-3-11/h1-8,10H2. The Bertz CT molecular complexity index is 309. The third kappa shape index (κ3) is 2.33. The zero-order valence-corrected chi connectivity index (χ0v) is 10.4. The van der Waals surface area contributed by atoms with E-state index < -0.39 is 9.84 Å². The summed E-state index contributed by atoms with van der Waals surface area (Å²) in [5, 5.41) is 0. The average molecular weight is 250 g/mol. The Morgan fingerprint density at radius 2 is 2.00 bits per heavy atom. The average Bonchev–Trinajstić information content (AvgIpc) is 2.67. The molecular weight excluding hydrogens is 232 g/mol. The normalized spacial score (nSPS) is 36.9. The lowest BCUT2D eigenvalue weighted by atomic mass is 9.96. The number of hydrogen-bond acceptors (Lipinski definition) is 5. The second kappa shape index (κ2) is 4.24. The summed E-state index contributed by atoms with van der Waals surface area (Å²) >= 11 is 1.93. The van der Waals surface area contributed by atoms with Crippen molar-refractivity contribution in [1.82, 2.24) is 4.90 Å². The summed E-state index contributed by atoms with van der Waals surface area (Å²) in [5.74, 6) is 2.82. The van der Waals surface area contributed by atoms with E-state index in [9.17, 15) is 8.42 Å². The molecule has 0 aliphatic carbocycles. The van der Waals surface area contributed by atoms with E-state index in [0.717, 1.165) is 17.9 Å². The van der Waals surface area contributed by atoms with Gasteiger partial charge in [0.1, 0.15) is 0 Å². The van der Waals surface area contributed by atoms with Gasteiger partial charge in [-0.15, -0.1) is 0 Å². The van der Waals surface area contributed by atoms with Crippen molar-refractivity contribution in [3.63, 3.8) is 0 Å². The minimum absolute atomic E-state index is 0.0839. The molecule has 0 spiro atoms. The lowest BCUT2D eigenvalue weighted by molar-refractivity contribution is 0.128. The smallest absolute Gasteiger partial charge is 0.152 e. The molecule has 2 aliphatic heterocycles. The van der Waals surface area contributed by atoms with Gasteiger partial charge in [-0.1, -0.05) is 0 Å². The van der Waals surface area contributed by atoms with Crippen LogP contribution in [0.4, 0.5) is 0 Å². The zero-order chi connectivity index (χ0) is 10.9. The van der Waals surface area contributed by atoms with Crippen molar-refractivity contribution in [1.29, 1.82) is 0 Å². The van der Waals surface area contributed by atoms with Gasteiger partial charge in [-0.25, -0.2) is 8.42 Å². The fourth-order valence-electron chi connectivity index (χ4n) is 2.32. The van der Waals surface area contributed by atoms with Crippen molar-refractivity contribution >= 4 is 21.6 Å². The molecule has 15 heavy (non-hydrogen) atoms. The lowest BCUT2D eigenvalue weighted by Gasteiger charge is -2.42. The van der Waals surface area contributed by atoms with E-state index in [2.05, 4.69) is 4.90 Å². The number of sulfone groups is 1. The fourth-order valence-corrected chi connectivity index (χ4v) is 5.02. The van der Waals surface area contributed by atoms with Gasteiger partial charge in [0, 0.05) is 30.9 Å². The minimum Gasteiger partial charge on any atom is -0.329 e. The topological polar surface area (TPSA) is 63.4 Å². The van der Waals surface area contributed by atoms with Crippen LogP contribution < -0.4 is 5.73 Å². The highest BCUT2D eigenvalue weighted by Gasteiger charge is 2.40. The van der Waals surface area contributed by atoms with Crippen LogP contribution in [0.15, 0.2) is 0 Å². The van der Waals surface area contributed by atoms with Crippen molar-refractivity contribution in [2.24, 2.45) is 5.73 Å². The quantitative estimate of drug-likeness (QED) is 0.719. The van der Waals surface area contributed by atoms with Crippen molar-refractivity contribution in [2.45, 2.75) is 12.0 Å². The number of nitrogens with zero attached hydrogens (tertiary/aromatic N) is 1. The van der Waals surface area contributed by atoms with Gasteiger partial charge in [-0.2, -0.15) is 11.8 Å². The molecule has 2 rings (SSSR count). The molecule has 1 unspecified atom stereocenters. The first-order chi connectivity index (χ1) is 7.08. The summed E-state index contributed by atoms with van der Waals surface area (Å²) in [6, 6.07) is 0. The first-order valence-electron chi connectivity index (χ1n) is 5.31. The van der Waals surface area contributed by atoms with E-state index in [1.165, 1.54) is 0 Å². The van der Waals surface area contributed by atoms with Gasteiger partial charge in [0.05, 0.1) is 11.5 Å². The van der Waals surface area contributed by atoms with Crippen LogP contribution in [-0.4, -0.2) is 61.5 Å². The van der Waals surface area contributed by atoms with Crippen LogP contribution in [0.1, 0.15) is 6.42 Å². The molecule has 2 aliphatic rings. The molecular formula is C9H18N2O2S2. The Labute approximate surface area is 95.5 Å². The van der Waals surface area contributed by atoms with E-state index >= 15 is 0 Å². The van der Waals surface area contributed by atoms with Gasteiger partial charge in [-0.05, 0) is 12.2 Å². The molecule has 88 valence electrons. The molecule has 0 amide bonds. The molecule has 0 aromatic rings. The Kier molecular flexibility index (Phi) is 3.30. The van der Waals surface area contributed by atoms with Crippen LogP contribution in [0.25, 0.3) is 0 Å². The molecule has 2 saturated heterocycles. The molecule has 0 aromatic carbocycles. The summed E-state index contributed by atoms with van der Waals surface area (Å²) in [7, 11) is -2.77. The van der Waals surface area contributed by atoms with Crippen molar-refractivity contribution in [2.75, 3.05) is 42.6 Å². The van der Waals surface area contributed by atoms with Gasteiger partial charge in [0.15, 0.2) is 9.84 Å². The molecule has 2 heterocycles. The van der Waals surface area contributed by atoms with Gasteiger partial charge in [0.2, 0.25) is 0 Å². The summed E-state index contributed by atoms with van der Waals surface area (Å²) in [6.07, 6.45) is 1.11. The van der Waals surface area contributed by atoms with Gasteiger partial charge < -0.3 is 5.73 Å². The minimum atomic E-state index is -2.77. The van der Waals surface area contributed by atoms with E-state index in [1.807, 2.05) is 11.8 Å². The summed E-state index contributed by atoms with van der Waals surface area (Å²) in [4.78, 5) is 2.30. The second-order valence-electron chi connectivity index (χ2n) is 4.37. The number of rotatable bonds is 2. The van der Waals surface area contributed by atoms with E-state index in [1.54, 1.807) is 0 Å². The lowest BCUT2D eigenvalue weighted by Crippen LogP contribution is -2.58. The molecule has 1 atom stereocenters. The predicted molar refractivity (Wildman–Crippen MR) is 64.0 cm³/mol. The SMILES string of the molecule is NCC1(N2CCS(=O)(=O)CC2)CCSC1. The Hall–Kier alpha value is 0.220. The molecule has 2 fully saturated rings. The van der Waals surface area contributed by atoms with Crippen molar-refractivity contribution in [3.05, 3.63) is 0 Å². The third-order valence-electron chi connectivity index (χ3n) is 3.48. The molecule has 0 bridgehead atoms.